The number of aliphatic imine (C=N–C) groups is 1. The molecule has 1 fully saturated rings. The minimum Gasteiger partial charge on any atom is -0.328 e. The van der Waals surface area contributed by atoms with E-state index in [9.17, 15) is 4.39 Å². The van der Waals surface area contributed by atoms with Crippen LogP contribution in [-0.4, -0.2) is 22.4 Å². The molecule has 0 aromatic heterocycles. The fourth-order valence-electron chi connectivity index (χ4n) is 2.67. The number of hydrogen-bond acceptors (Lipinski definition) is 3. The number of thioether (sulfide) groups is 1. The minimum absolute atomic E-state index is 0.181. The highest BCUT2D eigenvalue weighted by atomic mass is 32.2. The van der Waals surface area contributed by atoms with Crippen molar-refractivity contribution in [1.82, 2.24) is 0 Å². The zero-order valence-electron chi connectivity index (χ0n) is 10.2. The van der Waals surface area contributed by atoms with Gasteiger partial charge < -0.3 is 5.73 Å². The van der Waals surface area contributed by atoms with Crippen LogP contribution in [0.25, 0.3) is 0 Å². The van der Waals surface area contributed by atoms with E-state index in [0.29, 0.717) is 17.3 Å². The first kappa shape index (κ1) is 12.2. The van der Waals surface area contributed by atoms with Gasteiger partial charge in [-0.25, -0.2) is 4.39 Å². The Kier molecular flexibility index (Phi) is 3.39. The molecule has 2 nitrogen and oxygen atoms in total. The predicted octanol–water partition coefficient (Wildman–Crippen LogP) is 2.76. The van der Waals surface area contributed by atoms with Crippen LogP contribution in [-0.2, 0) is 6.42 Å². The Morgan fingerprint density at radius 2 is 2.06 bits per heavy atom. The Balaban J connectivity index is 1.66. The molecule has 1 aromatic carbocycles. The van der Waals surface area contributed by atoms with E-state index < -0.39 is 0 Å². The number of rotatable bonds is 2. The van der Waals surface area contributed by atoms with Crippen molar-refractivity contribution in [2.45, 2.75) is 43.0 Å². The van der Waals surface area contributed by atoms with Gasteiger partial charge >= 0.3 is 0 Å². The van der Waals surface area contributed by atoms with Gasteiger partial charge in [0.1, 0.15) is 5.82 Å². The summed E-state index contributed by atoms with van der Waals surface area (Å²) in [6.07, 6.45) is 4.11. The summed E-state index contributed by atoms with van der Waals surface area (Å²) in [7, 11) is 0. The summed E-state index contributed by atoms with van der Waals surface area (Å²) in [6.45, 7) is 0. The molecule has 1 aliphatic carbocycles. The topological polar surface area (TPSA) is 38.4 Å². The number of nitrogens with two attached hydrogens (primary N) is 1. The Labute approximate surface area is 111 Å². The number of halogens is 1. The minimum atomic E-state index is -0.181. The van der Waals surface area contributed by atoms with Gasteiger partial charge in [-0.05, 0) is 37.0 Å². The van der Waals surface area contributed by atoms with Crippen molar-refractivity contribution < 1.29 is 4.39 Å². The molecule has 0 spiro atoms. The van der Waals surface area contributed by atoms with E-state index >= 15 is 0 Å². The molecule has 1 saturated carbocycles. The van der Waals surface area contributed by atoms with Gasteiger partial charge in [0.25, 0.3) is 0 Å². The van der Waals surface area contributed by atoms with E-state index in [2.05, 4.69) is 0 Å². The lowest BCUT2D eigenvalue weighted by Gasteiger charge is -2.27. The fraction of sp³-hybridized carbons (Fsp3) is 0.500. The van der Waals surface area contributed by atoms with Crippen molar-refractivity contribution in [3.8, 4) is 0 Å². The Morgan fingerprint density at radius 3 is 2.83 bits per heavy atom. The summed E-state index contributed by atoms with van der Waals surface area (Å²) in [4.78, 5) is 4.79. The normalized spacial score (nSPS) is 31.0. The van der Waals surface area contributed by atoms with Gasteiger partial charge in [-0.3, -0.25) is 4.99 Å². The highest BCUT2D eigenvalue weighted by Gasteiger charge is 2.34. The molecule has 2 N–H and O–H groups in total. The van der Waals surface area contributed by atoms with Crippen LogP contribution in [0.1, 0.15) is 24.8 Å². The summed E-state index contributed by atoms with van der Waals surface area (Å²) in [5, 5.41) is 1.76. The molecule has 3 unspecified atom stereocenters. The number of benzene rings is 1. The summed E-state index contributed by atoms with van der Waals surface area (Å²) in [6, 6.07) is 7.51. The fourth-order valence-corrected chi connectivity index (χ4v) is 4.17. The molecular formula is C14H17FN2S. The van der Waals surface area contributed by atoms with Crippen molar-refractivity contribution in [3.05, 3.63) is 35.6 Å². The zero-order valence-corrected chi connectivity index (χ0v) is 11.0. The van der Waals surface area contributed by atoms with Crippen molar-refractivity contribution >= 4 is 16.8 Å². The molecule has 0 saturated heterocycles. The molecule has 96 valence electrons. The van der Waals surface area contributed by atoms with Crippen molar-refractivity contribution in [1.29, 1.82) is 0 Å². The molecular weight excluding hydrogens is 247 g/mol. The maximum Gasteiger partial charge on any atom is 0.123 e. The molecule has 18 heavy (non-hydrogen) atoms. The first-order chi connectivity index (χ1) is 8.70. The second-order valence-electron chi connectivity index (χ2n) is 5.12. The molecule has 0 bridgehead atoms. The highest BCUT2D eigenvalue weighted by Crippen LogP contribution is 2.37. The lowest BCUT2D eigenvalue weighted by molar-refractivity contribution is 0.411. The maximum absolute atomic E-state index is 12.8. The Bertz CT molecular complexity index is 457. The molecule has 3 atom stereocenters. The van der Waals surface area contributed by atoms with Crippen molar-refractivity contribution in [2.24, 2.45) is 10.7 Å². The predicted molar refractivity (Wildman–Crippen MR) is 74.5 cm³/mol. The third-order valence-corrected chi connectivity index (χ3v) is 4.99. The van der Waals surface area contributed by atoms with Crippen molar-refractivity contribution in [3.63, 3.8) is 0 Å². The van der Waals surface area contributed by atoms with Gasteiger partial charge in [0, 0.05) is 17.7 Å². The Hall–Kier alpha value is -0.870. The van der Waals surface area contributed by atoms with Gasteiger partial charge in [-0.1, -0.05) is 12.1 Å². The lowest BCUT2D eigenvalue weighted by atomic mass is 9.92. The van der Waals surface area contributed by atoms with Crippen LogP contribution < -0.4 is 5.73 Å². The summed E-state index contributed by atoms with van der Waals surface area (Å²) >= 11 is 1.87. The molecule has 1 aliphatic heterocycles. The average Bonchev–Trinajstić information content (AvgIpc) is 2.73. The monoisotopic (exact) mass is 264 g/mol. The van der Waals surface area contributed by atoms with Crippen LogP contribution >= 0.6 is 11.8 Å². The van der Waals surface area contributed by atoms with Crippen LogP contribution in [0.4, 0.5) is 4.39 Å². The van der Waals surface area contributed by atoms with E-state index in [4.69, 9.17) is 10.7 Å². The van der Waals surface area contributed by atoms with Gasteiger partial charge in [0.2, 0.25) is 0 Å². The third kappa shape index (κ3) is 2.59. The van der Waals surface area contributed by atoms with Gasteiger partial charge in [-0.15, -0.1) is 11.8 Å². The van der Waals surface area contributed by atoms with E-state index in [1.807, 2.05) is 23.9 Å². The molecule has 1 heterocycles. The number of fused-ring (bicyclic) bond motifs is 1. The molecule has 1 aromatic rings. The summed E-state index contributed by atoms with van der Waals surface area (Å²) < 4.78 is 12.8. The van der Waals surface area contributed by atoms with Gasteiger partial charge in [-0.2, -0.15) is 0 Å². The molecule has 0 amide bonds. The van der Waals surface area contributed by atoms with Crippen LogP contribution in [0.3, 0.4) is 0 Å². The van der Waals surface area contributed by atoms with E-state index in [1.54, 1.807) is 0 Å². The van der Waals surface area contributed by atoms with E-state index in [-0.39, 0.29) is 5.82 Å². The van der Waals surface area contributed by atoms with Crippen LogP contribution in [0, 0.1) is 5.82 Å². The van der Waals surface area contributed by atoms with Crippen LogP contribution in [0.15, 0.2) is 29.3 Å². The first-order valence-corrected chi connectivity index (χ1v) is 7.32. The summed E-state index contributed by atoms with van der Waals surface area (Å²) in [5.41, 5.74) is 7.13. The molecule has 2 aliphatic rings. The second-order valence-corrected chi connectivity index (χ2v) is 6.44. The number of nitrogens with zero attached hydrogens (tertiary/aromatic N) is 1. The molecule has 3 rings (SSSR count). The lowest BCUT2D eigenvalue weighted by Crippen LogP contribution is -2.35. The average molecular weight is 264 g/mol. The van der Waals surface area contributed by atoms with Gasteiger partial charge in [0.05, 0.1) is 11.1 Å². The standard InChI is InChI=1S/C14H17FN2S/c15-10-3-1-9(2-4-10)7-14-17-12-6-5-11(16)8-13(12)18-14/h1-4,11-13H,5-8,16H2. The number of hydrogen-bond donors (Lipinski definition) is 1. The quantitative estimate of drug-likeness (QED) is 0.892. The van der Waals surface area contributed by atoms with Crippen LogP contribution in [0.2, 0.25) is 0 Å². The van der Waals surface area contributed by atoms with Gasteiger partial charge in [0.15, 0.2) is 0 Å². The third-order valence-electron chi connectivity index (χ3n) is 3.66. The zero-order chi connectivity index (χ0) is 12.5. The smallest absolute Gasteiger partial charge is 0.123 e. The summed E-state index contributed by atoms with van der Waals surface area (Å²) in [5.74, 6) is -0.181. The SMILES string of the molecule is NC1CCC2N=C(Cc3ccc(F)cc3)SC2C1. The van der Waals surface area contributed by atoms with Crippen LogP contribution in [0.5, 0.6) is 0 Å². The molecule has 4 heteroatoms. The highest BCUT2D eigenvalue weighted by molar-refractivity contribution is 8.14. The largest absolute Gasteiger partial charge is 0.328 e. The molecule has 0 radical (unpaired) electrons. The van der Waals surface area contributed by atoms with E-state index in [1.165, 1.54) is 17.2 Å². The Morgan fingerprint density at radius 1 is 1.28 bits per heavy atom. The second kappa shape index (κ2) is 5.02. The van der Waals surface area contributed by atoms with Crippen molar-refractivity contribution in [2.75, 3.05) is 0 Å². The maximum atomic E-state index is 12.8. The van der Waals surface area contributed by atoms with E-state index in [0.717, 1.165) is 31.2 Å². The first-order valence-electron chi connectivity index (χ1n) is 6.44.